The summed E-state index contributed by atoms with van der Waals surface area (Å²) in [5.41, 5.74) is 2.85. The van der Waals surface area contributed by atoms with Gasteiger partial charge in [0.05, 0.1) is 25.1 Å². The number of aryl methyl sites for hydroxylation is 2. The minimum atomic E-state index is -0.661. The van der Waals surface area contributed by atoms with Gasteiger partial charge in [-0.25, -0.2) is 0 Å². The zero-order chi connectivity index (χ0) is 26.1. The number of rotatable bonds is 12. The van der Waals surface area contributed by atoms with Crippen molar-refractivity contribution < 1.29 is 19.1 Å². The van der Waals surface area contributed by atoms with Gasteiger partial charge in [0.25, 0.3) is 5.91 Å². The zero-order valence-corrected chi connectivity index (χ0v) is 22.1. The van der Waals surface area contributed by atoms with Crippen LogP contribution in [0.15, 0.2) is 47.6 Å². The van der Waals surface area contributed by atoms with Gasteiger partial charge in [-0.15, -0.1) is 10.2 Å². The van der Waals surface area contributed by atoms with Crippen LogP contribution in [-0.2, 0) is 29.1 Å². The van der Waals surface area contributed by atoms with E-state index in [0.717, 1.165) is 12.0 Å². The van der Waals surface area contributed by atoms with Crippen molar-refractivity contribution in [3.63, 3.8) is 0 Å². The van der Waals surface area contributed by atoms with E-state index in [1.807, 2.05) is 60.9 Å². The largest absolute Gasteiger partial charge is 0.495 e. The summed E-state index contributed by atoms with van der Waals surface area (Å²) in [6.45, 7) is 8.50. The van der Waals surface area contributed by atoms with Gasteiger partial charge in [0.1, 0.15) is 11.5 Å². The first-order chi connectivity index (χ1) is 17.3. The topological polar surface area (TPSA) is 107 Å². The Labute approximate surface area is 216 Å². The quantitative estimate of drug-likeness (QED) is 0.354. The molecule has 0 saturated carbocycles. The molecule has 2 aromatic carbocycles. The molecule has 0 aliphatic heterocycles. The highest BCUT2D eigenvalue weighted by molar-refractivity contribution is 7.99. The predicted molar refractivity (Wildman–Crippen MR) is 141 cm³/mol. The van der Waals surface area contributed by atoms with Gasteiger partial charge in [-0.1, -0.05) is 36.9 Å². The molecule has 2 N–H and O–H groups in total. The van der Waals surface area contributed by atoms with Gasteiger partial charge in [0.2, 0.25) is 5.91 Å². The number of ether oxygens (including phenoxy) is 2. The second kappa shape index (κ2) is 13.0. The Balaban J connectivity index is 1.53. The Morgan fingerprint density at radius 1 is 1.11 bits per heavy atom. The third-order valence-electron chi connectivity index (χ3n) is 5.51. The number of aromatic nitrogens is 3. The van der Waals surface area contributed by atoms with Gasteiger partial charge in [-0.3, -0.25) is 9.59 Å². The van der Waals surface area contributed by atoms with Crippen molar-refractivity contribution in [2.24, 2.45) is 0 Å². The fourth-order valence-corrected chi connectivity index (χ4v) is 4.30. The fraction of sp³-hybridized carbons (Fsp3) is 0.385. The Morgan fingerprint density at radius 2 is 1.86 bits per heavy atom. The maximum atomic E-state index is 12.6. The van der Waals surface area contributed by atoms with E-state index < -0.39 is 6.10 Å². The maximum absolute atomic E-state index is 12.6. The summed E-state index contributed by atoms with van der Waals surface area (Å²) in [5, 5.41) is 14.8. The lowest BCUT2D eigenvalue weighted by molar-refractivity contribution is -0.127. The van der Waals surface area contributed by atoms with Crippen molar-refractivity contribution in [2.75, 3.05) is 18.2 Å². The van der Waals surface area contributed by atoms with E-state index in [2.05, 4.69) is 27.8 Å². The molecule has 0 radical (unpaired) electrons. The summed E-state index contributed by atoms with van der Waals surface area (Å²) in [7, 11) is 1.57. The molecular weight excluding hydrogens is 478 g/mol. The van der Waals surface area contributed by atoms with Crippen LogP contribution >= 0.6 is 11.8 Å². The van der Waals surface area contributed by atoms with Crippen molar-refractivity contribution in [3.05, 3.63) is 59.4 Å². The summed E-state index contributed by atoms with van der Waals surface area (Å²) in [5.74, 6) is 1.58. The highest BCUT2D eigenvalue weighted by Crippen LogP contribution is 2.26. The van der Waals surface area contributed by atoms with Crippen LogP contribution in [0, 0.1) is 6.92 Å². The Kier molecular flexibility index (Phi) is 9.75. The lowest BCUT2D eigenvalue weighted by Gasteiger charge is -2.15. The zero-order valence-electron chi connectivity index (χ0n) is 21.3. The van der Waals surface area contributed by atoms with E-state index in [-0.39, 0.29) is 24.1 Å². The normalized spacial score (nSPS) is 11.6. The SMILES string of the molecule is CCc1ccc(O[C@H](C)C(=O)NCc2nnc(SCC(=O)Nc3cc(C)ccc3OC)n2CC)cc1. The van der Waals surface area contributed by atoms with Gasteiger partial charge < -0.3 is 24.7 Å². The first-order valence-electron chi connectivity index (χ1n) is 11.9. The number of thioether (sulfide) groups is 1. The molecule has 10 heteroatoms. The Hall–Kier alpha value is -3.53. The average molecular weight is 512 g/mol. The third-order valence-corrected chi connectivity index (χ3v) is 6.47. The van der Waals surface area contributed by atoms with Crippen LogP contribution in [0.2, 0.25) is 0 Å². The van der Waals surface area contributed by atoms with Crippen molar-refractivity contribution in [1.29, 1.82) is 0 Å². The molecule has 0 unspecified atom stereocenters. The van der Waals surface area contributed by atoms with Crippen molar-refractivity contribution in [3.8, 4) is 11.5 Å². The average Bonchev–Trinajstić information content (AvgIpc) is 3.28. The van der Waals surface area contributed by atoms with E-state index in [1.165, 1.54) is 17.3 Å². The number of nitrogens with zero attached hydrogens (tertiary/aromatic N) is 3. The molecule has 36 heavy (non-hydrogen) atoms. The van der Waals surface area contributed by atoms with Crippen LogP contribution in [-0.4, -0.2) is 45.5 Å². The molecule has 0 bridgehead atoms. The van der Waals surface area contributed by atoms with Crippen LogP contribution in [0.5, 0.6) is 11.5 Å². The molecular formula is C26H33N5O4S. The molecule has 192 valence electrons. The molecule has 0 aliphatic carbocycles. The number of carbonyl (C=O) groups is 2. The smallest absolute Gasteiger partial charge is 0.261 e. The van der Waals surface area contributed by atoms with Crippen LogP contribution in [0.4, 0.5) is 5.69 Å². The Morgan fingerprint density at radius 3 is 2.53 bits per heavy atom. The number of carbonyl (C=O) groups excluding carboxylic acids is 2. The summed E-state index contributed by atoms with van der Waals surface area (Å²) in [6, 6.07) is 13.3. The second-order valence-corrected chi connectivity index (χ2v) is 9.10. The number of nitrogens with one attached hydrogen (secondary N) is 2. The van der Waals surface area contributed by atoms with Gasteiger partial charge in [0, 0.05) is 6.54 Å². The van der Waals surface area contributed by atoms with Crippen LogP contribution < -0.4 is 20.1 Å². The van der Waals surface area contributed by atoms with E-state index in [9.17, 15) is 9.59 Å². The molecule has 0 saturated heterocycles. The van der Waals surface area contributed by atoms with Gasteiger partial charge in [-0.2, -0.15) is 0 Å². The van der Waals surface area contributed by atoms with Crippen LogP contribution in [0.25, 0.3) is 0 Å². The molecule has 0 spiro atoms. The monoisotopic (exact) mass is 511 g/mol. The van der Waals surface area contributed by atoms with Crippen molar-refractivity contribution >= 4 is 29.3 Å². The number of hydrogen-bond acceptors (Lipinski definition) is 7. The minimum Gasteiger partial charge on any atom is -0.495 e. The van der Waals surface area contributed by atoms with Gasteiger partial charge >= 0.3 is 0 Å². The number of hydrogen-bond donors (Lipinski definition) is 2. The summed E-state index contributed by atoms with van der Waals surface area (Å²) in [6.07, 6.45) is 0.285. The first kappa shape index (κ1) is 27.1. The standard InChI is InChI=1S/C26H33N5O4S/c1-6-19-9-11-20(12-10-19)35-18(4)25(33)27-15-23-29-30-26(31(23)7-2)36-16-24(32)28-21-14-17(3)8-13-22(21)34-5/h8-14,18H,6-7,15-16H2,1-5H3,(H,27,33)(H,28,32)/t18-/m1/s1. The number of benzene rings is 2. The molecule has 1 aromatic heterocycles. The molecule has 3 rings (SSSR count). The lowest BCUT2D eigenvalue weighted by Crippen LogP contribution is -2.36. The highest BCUT2D eigenvalue weighted by atomic mass is 32.2. The number of amides is 2. The summed E-state index contributed by atoms with van der Waals surface area (Å²) >= 11 is 1.28. The second-order valence-electron chi connectivity index (χ2n) is 8.16. The van der Waals surface area contributed by atoms with E-state index in [0.29, 0.717) is 34.7 Å². The molecule has 1 heterocycles. The minimum absolute atomic E-state index is 0.156. The molecule has 1 atom stereocenters. The van der Waals surface area contributed by atoms with E-state index in [1.54, 1.807) is 14.0 Å². The highest BCUT2D eigenvalue weighted by Gasteiger charge is 2.18. The molecule has 2 amide bonds. The van der Waals surface area contributed by atoms with Crippen LogP contribution in [0.3, 0.4) is 0 Å². The summed E-state index contributed by atoms with van der Waals surface area (Å²) in [4.78, 5) is 25.1. The van der Waals surface area contributed by atoms with Crippen molar-refractivity contribution in [2.45, 2.75) is 58.5 Å². The molecule has 0 fully saturated rings. The van der Waals surface area contributed by atoms with E-state index >= 15 is 0 Å². The fourth-order valence-electron chi connectivity index (χ4n) is 3.48. The van der Waals surface area contributed by atoms with Gasteiger partial charge in [0.15, 0.2) is 17.1 Å². The third kappa shape index (κ3) is 7.24. The Bertz CT molecular complexity index is 1180. The predicted octanol–water partition coefficient (Wildman–Crippen LogP) is 3.99. The molecule has 3 aromatic rings. The lowest BCUT2D eigenvalue weighted by atomic mass is 10.2. The summed E-state index contributed by atoms with van der Waals surface area (Å²) < 4.78 is 12.9. The molecule has 0 aliphatic rings. The van der Waals surface area contributed by atoms with Gasteiger partial charge in [-0.05, 0) is 62.6 Å². The van der Waals surface area contributed by atoms with E-state index in [4.69, 9.17) is 9.47 Å². The van der Waals surface area contributed by atoms with Crippen LogP contribution in [0.1, 0.15) is 37.7 Å². The molecule has 9 nitrogen and oxygen atoms in total. The number of anilines is 1. The maximum Gasteiger partial charge on any atom is 0.261 e. The first-order valence-corrected chi connectivity index (χ1v) is 12.9. The van der Waals surface area contributed by atoms with Crippen molar-refractivity contribution in [1.82, 2.24) is 20.1 Å². The number of methoxy groups -OCH3 is 1.